The summed E-state index contributed by atoms with van der Waals surface area (Å²) in [5.74, 6) is 0.492. The van der Waals surface area contributed by atoms with Crippen LogP contribution >= 0.6 is 0 Å². The van der Waals surface area contributed by atoms with E-state index in [0.29, 0.717) is 18.0 Å². The van der Waals surface area contributed by atoms with E-state index in [4.69, 9.17) is 0 Å². The van der Waals surface area contributed by atoms with Crippen LogP contribution in [-0.2, 0) is 4.79 Å². The van der Waals surface area contributed by atoms with Gasteiger partial charge in [0.25, 0.3) is 0 Å². The molecule has 0 unspecified atom stereocenters. The second-order valence-corrected chi connectivity index (χ2v) is 8.96. The summed E-state index contributed by atoms with van der Waals surface area (Å²) in [5.41, 5.74) is 0. The fourth-order valence-corrected chi connectivity index (χ4v) is 5.14. The Kier molecular flexibility index (Phi) is 11.4. The third kappa shape index (κ3) is 8.01. The van der Waals surface area contributed by atoms with Gasteiger partial charge < -0.3 is 4.90 Å². The normalized spacial score (nSPS) is 19.6. The van der Waals surface area contributed by atoms with Crippen molar-refractivity contribution in [1.82, 2.24) is 4.90 Å². The van der Waals surface area contributed by atoms with Crippen molar-refractivity contribution >= 4 is 5.91 Å². The van der Waals surface area contributed by atoms with Crippen molar-refractivity contribution < 1.29 is 4.79 Å². The van der Waals surface area contributed by atoms with E-state index in [0.717, 1.165) is 12.8 Å². The molecule has 0 heterocycles. The monoisotopic (exact) mass is 363 g/mol. The Balaban J connectivity index is 1.67. The lowest BCUT2D eigenvalue weighted by molar-refractivity contribution is -0.138. The third-order valence-corrected chi connectivity index (χ3v) is 6.72. The average Bonchev–Trinajstić information content (AvgIpc) is 2.68. The summed E-state index contributed by atoms with van der Waals surface area (Å²) in [7, 11) is 0. The van der Waals surface area contributed by atoms with Gasteiger partial charge in [-0.2, -0.15) is 0 Å². The maximum atomic E-state index is 13.1. The van der Waals surface area contributed by atoms with Crippen LogP contribution in [0.2, 0.25) is 0 Å². The first-order chi connectivity index (χ1) is 12.8. The van der Waals surface area contributed by atoms with Crippen LogP contribution in [-0.4, -0.2) is 22.9 Å². The molecule has 0 atom stereocenters. The van der Waals surface area contributed by atoms with Gasteiger partial charge in [0.05, 0.1) is 0 Å². The Bertz CT molecular complexity index is 337. The summed E-state index contributed by atoms with van der Waals surface area (Å²) < 4.78 is 0. The van der Waals surface area contributed by atoms with Gasteiger partial charge in [0.2, 0.25) is 5.91 Å². The van der Waals surface area contributed by atoms with Crippen molar-refractivity contribution in [2.45, 2.75) is 147 Å². The number of unbranched alkanes of at least 4 members (excludes halogenated alkanes) is 8. The molecule has 26 heavy (non-hydrogen) atoms. The average molecular weight is 364 g/mol. The molecular weight excluding hydrogens is 318 g/mol. The quantitative estimate of drug-likeness (QED) is 0.331. The lowest BCUT2D eigenvalue weighted by atomic mass is 9.88. The van der Waals surface area contributed by atoms with Gasteiger partial charge in [-0.25, -0.2) is 0 Å². The lowest BCUT2D eigenvalue weighted by Gasteiger charge is -2.42. The van der Waals surface area contributed by atoms with E-state index in [1.54, 1.807) is 0 Å². The first kappa shape index (κ1) is 21.8. The minimum absolute atomic E-state index is 0.492. The maximum absolute atomic E-state index is 13.1. The zero-order valence-electron chi connectivity index (χ0n) is 17.7. The zero-order chi connectivity index (χ0) is 18.5. The molecule has 0 aromatic carbocycles. The summed E-state index contributed by atoms with van der Waals surface area (Å²) >= 11 is 0. The fourth-order valence-electron chi connectivity index (χ4n) is 5.14. The van der Waals surface area contributed by atoms with Gasteiger partial charge in [0.1, 0.15) is 0 Å². The highest BCUT2D eigenvalue weighted by Crippen LogP contribution is 2.31. The number of nitrogens with zero attached hydrogens (tertiary/aromatic N) is 1. The van der Waals surface area contributed by atoms with E-state index < -0.39 is 0 Å². The molecule has 2 rings (SSSR count). The molecule has 0 radical (unpaired) electrons. The minimum atomic E-state index is 0.492. The predicted molar refractivity (Wildman–Crippen MR) is 112 cm³/mol. The number of carbonyl (C=O) groups is 1. The maximum Gasteiger partial charge on any atom is 0.223 e. The van der Waals surface area contributed by atoms with E-state index in [1.807, 2.05) is 0 Å². The molecule has 2 heteroatoms. The van der Waals surface area contributed by atoms with Crippen molar-refractivity contribution in [1.29, 1.82) is 0 Å². The second-order valence-electron chi connectivity index (χ2n) is 8.96. The summed E-state index contributed by atoms with van der Waals surface area (Å²) in [6.45, 7) is 2.28. The van der Waals surface area contributed by atoms with Gasteiger partial charge in [-0.1, -0.05) is 96.8 Å². The van der Waals surface area contributed by atoms with Gasteiger partial charge >= 0.3 is 0 Å². The summed E-state index contributed by atoms with van der Waals surface area (Å²) in [4.78, 5) is 15.5. The summed E-state index contributed by atoms with van der Waals surface area (Å²) in [6, 6.07) is 1.14. The number of hydrogen-bond acceptors (Lipinski definition) is 1. The molecule has 0 saturated heterocycles. The summed E-state index contributed by atoms with van der Waals surface area (Å²) in [6.07, 6.45) is 25.9. The van der Waals surface area contributed by atoms with Crippen molar-refractivity contribution in [3.8, 4) is 0 Å². The van der Waals surface area contributed by atoms with Crippen LogP contribution in [0, 0.1) is 0 Å². The van der Waals surface area contributed by atoms with Gasteiger partial charge in [-0.05, 0) is 32.1 Å². The van der Waals surface area contributed by atoms with Crippen LogP contribution in [0.1, 0.15) is 135 Å². The van der Waals surface area contributed by atoms with Gasteiger partial charge in [0, 0.05) is 18.5 Å². The van der Waals surface area contributed by atoms with Gasteiger partial charge in [-0.15, -0.1) is 0 Å². The molecule has 2 aliphatic carbocycles. The Morgan fingerprint density at radius 1 is 0.654 bits per heavy atom. The van der Waals surface area contributed by atoms with E-state index in [2.05, 4.69) is 11.8 Å². The largest absolute Gasteiger partial charge is 0.337 e. The molecular formula is C24H45NO. The first-order valence-corrected chi connectivity index (χ1v) is 12.1. The summed E-state index contributed by atoms with van der Waals surface area (Å²) in [5, 5.41) is 0. The third-order valence-electron chi connectivity index (χ3n) is 6.72. The number of rotatable bonds is 12. The highest BCUT2D eigenvalue weighted by molar-refractivity contribution is 5.77. The van der Waals surface area contributed by atoms with Crippen molar-refractivity contribution in [2.24, 2.45) is 0 Å². The SMILES string of the molecule is CCCCCCCCCCCC(=O)N(C1CCCCC1)C1CCCCC1. The molecule has 1 amide bonds. The van der Waals surface area contributed by atoms with E-state index in [1.165, 1.54) is 116 Å². The standard InChI is InChI=1S/C24H45NO/c1-2-3-4-5-6-7-8-9-16-21-24(26)25(22-17-12-10-13-18-22)23-19-14-11-15-20-23/h22-23H,2-21H2,1H3. The Labute approximate surface area is 163 Å². The van der Waals surface area contributed by atoms with Crippen LogP contribution in [0.25, 0.3) is 0 Å². The van der Waals surface area contributed by atoms with E-state index in [9.17, 15) is 4.79 Å². The molecule has 0 aromatic heterocycles. The van der Waals surface area contributed by atoms with Crippen molar-refractivity contribution in [3.63, 3.8) is 0 Å². The molecule has 2 fully saturated rings. The van der Waals surface area contributed by atoms with Crippen LogP contribution in [0.5, 0.6) is 0 Å². The van der Waals surface area contributed by atoms with Crippen LogP contribution < -0.4 is 0 Å². The van der Waals surface area contributed by atoms with Crippen LogP contribution in [0.4, 0.5) is 0 Å². The van der Waals surface area contributed by atoms with Crippen molar-refractivity contribution in [2.75, 3.05) is 0 Å². The van der Waals surface area contributed by atoms with E-state index in [-0.39, 0.29) is 0 Å². The highest BCUT2D eigenvalue weighted by Gasteiger charge is 2.31. The van der Waals surface area contributed by atoms with Gasteiger partial charge in [0.15, 0.2) is 0 Å². The second kappa shape index (κ2) is 13.6. The highest BCUT2D eigenvalue weighted by atomic mass is 16.2. The molecule has 152 valence electrons. The molecule has 2 saturated carbocycles. The van der Waals surface area contributed by atoms with Gasteiger partial charge in [-0.3, -0.25) is 4.79 Å². The molecule has 0 bridgehead atoms. The smallest absolute Gasteiger partial charge is 0.223 e. The molecule has 2 aliphatic rings. The number of carbonyl (C=O) groups excluding carboxylic acids is 1. The molecule has 0 spiro atoms. The minimum Gasteiger partial charge on any atom is -0.337 e. The number of hydrogen-bond donors (Lipinski definition) is 0. The topological polar surface area (TPSA) is 20.3 Å². The van der Waals surface area contributed by atoms with Crippen LogP contribution in [0.15, 0.2) is 0 Å². The fraction of sp³-hybridized carbons (Fsp3) is 0.958. The molecule has 0 aromatic rings. The van der Waals surface area contributed by atoms with Crippen molar-refractivity contribution in [3.05, 3.63) is 0 Å². The number of amides is 1. The first-order valence-electron chi connectivity index (χ1n) is 12.1. The Hall–Kier alpha value is -0.530. The Morgan fingerprint density at radius 2 is 1.08 bits per heavy atom. The lowest BCUT2D eigenvalue weighted by Crippen LogP contribution is -2.48. The molecule has 0 aliphatic heterocycles. The zero-order valence-corrected chi connectivity index (χ0v) is 17.7. The Morgan fingerprint density at radius 3 is 1.54 bits per heavy atom. The molecule has 0 N–H and O–H groups in total. The van der Waals surface area contributed by atoms with Crippen LogP contribution in [0.3, 0.4) is 0 Å². The predicted octanol–water partition coefficient (Wildman–Crippen LogP) is 7.40. The molecule has 2 nitrogen and oxygen atoms in total. The van der Waals surface area contributed by atoms with E-state index >= 15 is 0 Å².